The van der Waals surface area contributed by atoms with Gasteiger partial charge in [-0.3, -0.25) is 0 Å². The molecule has 1 aliphatic carbocycles. The Balaban J connectivity index is 1.71. The molecule has 1 aromatic rings. The van der Waals surface area contributed by atoms with E-state index in [1.807, 2.05) is 24.3 Å². The number of ether oxygens (including phenoxy) is 1. The third-order valence-corrected chi connectivity index (χ3v) is 2.75. The van der Waals surface area contributed by atoms with Crippen LogP contribution in [0.5, 0.6) is 5.75 Å². The fourth-order valence-electron chi connectivity index (χ4n) is 1.61. The number of carbonyl (C=O) groups excluding carboxylic acids is 1. The zero-order valence-corrected chi connectivity index (χ0v) is 10.0. The second-order valence-corrected chi connectivity index (χ2v) is 4.28. The topological polar surface area (TPSA) is 50.4 Å². The second-order valence-electron chi connectivity index (χ2n) is 4.28. The van der Waals surface area contributed by atoms with E-state index in [4.69, 9.17) is 4.74 Å². The van der Waals surface area contributed by atoms with Crippen LogP contribution in [0.1, 0.15) is 18.4 Å². The van der Waals surface area contributed by atoms with Crippen LogP contribution >= 0.6 is 0 Å². The van der Waals surface area contributed by atoms with Gasteiger partial charge in [0, 0.05) is 12.6 Å². The molecule has 0 radical (unpaired) electrons. The number of urea groups is 1. The van der Waals surface area contributed by atoms with Crippen molar-refractivity contribution in [1.82, 2.24) is 10.6 Å². The number of hydrogen-bond donors (Lipinski definition) is 2. The van der Waals surface area contributed by atoms with E-state index in [2.05, 4.69) is 10.6 Å². The highest BCUT2D eigenvalue weighted by Crippen LogP contribution is 2.18. The third-order valence-electron chi connectivity index (χ3n) is 2.75. The SMILES string of the molecule is COc1cccc(CCNC(=O)NC2CC2)c1. The summed E-state index contributed by atoms with van der Waals surface area (Å²) in [6.45, 7) is 0.645. The Kier molecular flexibility index (Phi) is 3.85. The van der Waals surface area contributed by atoms with E-state index in [1.54, 1.807) is 7.11 Å². The molecule has 0 heterocycles. The molecule has 0 unspecified atom stereocenters. The molecule has 1 aromatic carbocycles. The maximum atomic E-state index is 11.4. The summed E-state index contributed by atoms with van der Waals surface area (Å²) in [5.41, 5.74) is 1.16. The van der Waals surface area contributed by atoms with Crippen molar-refractivity contribution in [3.8, 4) is 5.75 Å². The largest absolute Gasteiger partial charge is 0.497 e. The van der Waals surface area contributed by atoms with Gasteiger partial charge < -0.3 is 15.4 Å². The van der Waals surface area contributed by atoms with Crippen molar-refractivity contribution in [1.29, 1.82) is 0 Å². The molecule has 1 aliphatic rings. The average Bonchev–Trinajstić information content (AvgIpc) is 3.13. The van der Waals surface area contributed by atoms with Gasteiger partial charge in [0.25, 0.3) is 0 Å². The van der Waals surface area contributed by atoms with E-state index in [9.17, 15) is 4.79 Å². The minimum atomic E-state index is -0.0598. The standard InChI is InChI=1S/C13H18N2O2/c1-17-12-4-2-3-10(9-12)7-8-14-13(16)15-11-5-6-11/h2-4,9,11H,5-8H2,1H3,(H2,14,15,16). The molecule has 0 aromatic heterocycles. The van der Waals surface area contributed by atoms with Crippen LogP contribution in [0, 0.1) is 0 Å². The number of benzene rings is 1. The Labute approximate surface area is 101 Å². The van der Waals surface area contributed by atoms with E-state index in [0.29, 0.717) is 12.6 Å². The summed E-state index contributed by atoms with van der Waals surface area (Å²) in [5, 5.41) is 5.74. The summed E-state index contributed by atoms with van der Waals surface area (Å²) in [6.07, 6.45) is 3.04. The van der Waals surface area contributed by atoms with Gasteiger partial charge in [-0.2, -0.15) is 0 Å². The Morgan fingerprint density at radius 3 is 3.00 bits per heavy atom. The van der Waals surface area contributed by atoms with Crippen molar-refractivity contribution >= 4 is 6.03 Å². The number of nitrogens with one attached hydrogen (secondary N) is 2. The zero-order chi connectivity index (χ0) is 12.1. The smallest absolute Gasteiger partial charge is 0.315 e. The van der Waals surface area contributed by atoms with Crippen molar-refractivity contribution in [2.24, 2.45) is 0 Å². The first kappa shape index (κ1) is 11.8. The maximum Gasteiger partial charge on any atom is 0.315 e. The van der Waals surface area contributed by atoms with Gasteiger partial charge in [0.05, 0.1) is 7.11 Å². The number of amides is 2. The Hall–Kier alpha value is -1.71. The van der Waals surface area contributed by atoms with Gasteiger partial charge in [-0.1, -0.05) is 12.1 Å². The molecule has 0 spiro atoms. The summed E-state index contributed by atoms with van der Waals surface area (Å²) >= 11 is 0. The molecular formula is C13H18N2O2. The number of rotatable bonds is 5. The van der Waals surface area contributed by atoms with Crippen LogP contribution in [0.2, 0.25) is 0 Å². The molecular weight excluding hydrogens is 216 g/mol. The number of methoxy groups -OCH3 is 1. The first-order valence-corrected chi connectivity index (χ1v) is 5.95. The van der Waals surface area contributed by atoms with Crippen LogP contribution in [0.4, 0.5) is 4.79 Å². The highest BCUT2D eigenvalue weighted by molar-refractivity contribution is 5.74. The summed E-state index contributed by atoms with van der Waals surface area (Å²) in [7, 11) is 1.65. The van der Waals surface area contributed by atoms with Gasteiger partial charge in [-0.05, 0) is 37.0 Å². The van der Waals surface area contributed by atoms with Gasteiger partial charge >= 0.3 is 6.03 Å². The fraction of sp³-hybridized carbons (Fsp3) is 0.462. The summed E-state index contributed by atoms with van der Waals surface area (Å²) < 4.78 is 5.14. The molecule has 2 N–H and O–H groups in total. The minimum Gasteiger partial charge on any atom is -0.497 e. The lowest BCUT2D eigenvalue weighted by atomic mass is 10.1. The molecule has 1 saturated carbocycles. The summed E-state index contributed by atoms with van der Waals surface area (Å²) in [4.78, 5) is 11.4. The van der Waals surface area contributed by atoms with Gasteiger partial charge in [0.1, 0.15) is 5.75 Å². The minimum absolute atomic E-state index is 0.0598. The normalized spacial score (nSPS) is 14.2. The van der Waals surface area contributed by atoms with E-state index in [1.165, 1.54) is 0 Å². The highest BCUT2D eigenvalue weighted by Gasteiger charge is 2.22. The Morgan fingerprint density at radius 2 is 2.29 bits per heavy atom. The summed E-state index contributed by atoms with van der Waals surface area (Å²) in [5.74, 6) is 0.852. The van der Waals surface area contributed by atoms with Gasteiger partial charge in [-0.15, -0.1) is 0 Å². The average molecular weight is 234 g/mol. The molecule has 0 atom stereocenters. The molecule has 92 valence electrons. The van der Waals surface area contributed by atoms with E-state index >= 15 is 0 Å². The summed E-state index contributed by atoms with van der Waals surface area (Å²) in [6, 6.07) is 8.24. The van der Waals surface area contributed by atoms with Crippen molar-refractivity contribution < 1.29 is 9.53 Å². The van der Waals surface area contributed by atoms with Crippen molar-refractivity contribution in [2.45, 2.75) is 25.3 Å². The van der Waals surface area contributed by atoms with Gasteiger partial charge in [0.2, 0.25) is 0 Å². The van der Waals surface area contributed by atoms with Gasteiger partial charge in [0.15, 0.2) is 0 Å². The van der Waals surface area contributed by atoms with E-state index in [-0.39, 0.29) is 6.03 Å². The zero-order valence-electron chi connectivity index (χ0n) is 10.0. The van der Waals surface area contributed by atoms with Crippen LogP contribution in [-0.2, 0) is 6.42 Å². The van der Waals surface area contributed by atoms with Crippen molar-refractivity contribution in [3.05, 3.63) is 29.8 Å². The lowest BCUT2D eigenvalue weighted by Crippen LogP contribution is -2.37. The molecule has 0 aliphatic heterocycles. The third kappa shape index (κ3) is 3.98. The van der Waals surface area contributed by atoms with E-state index in [0.717, 1.165) is 30.6 Å². The molecule has 0 bridgehead atoms. The van der Waals surface area contributed by atoms with Crippen LogP contribution in [-0.4, -0.2) is 25.7 Å². The molecule has 4 nitrogen and oxygen atoms in total. The Bertz CT molecular complexity index is 389. The van der Waals surface area contributed by atoms with Crippen molar-refractivity contribution in [3.63, 3.8) is 0 Å². The van der Waals surface area contributed by atoms with Gasteiger partial charge in [-0.25, -0.2) is 4.79 Å². The van der Waals surface area contributed by atoms with Crippen LogP contribution < -0.4 is 15.4 Å². The van der Waals surface area contributed by atoms with E-state index < -0.39 is 0 Å². The Morgan fingerprint density at radius 1 is 1.47 bits per heavy atom. The molecule has 17 heavy (non-hydrogen) atoms. The molecule has 4 heteroatoms. The molecule has 1 fully saturated rings. The molecule has 2 rings (SSSR count). The van der Waals surface area contributed by atoms with Crippen LogP contribution in [0.15, 0.2) is 24.3 Å². The monoisotopic (exact) mass is 234 g/mol. The first-order chi connectivity index (χ1) is 8.28. The number of carbonyl (C=O) groups is 1. The number of hydrogen-bond acceptors (Lipinski definition) is 2. The lowest BCUT2D eigenvalue weighted by Gasteiger charge is -2.07. The van der Waals surface area contributed by atoms with Crippen molar-refractivity contribution in [2.75, 3.05) is 13.7 Å². The first-order valence-electron chi connectivity index (χ1n) is 5.95. The lowest BCUT2D eigenvalue weighted by molar-refractivity contribution is 0.240. The predicted octanol–water partition coefficient (Wildman–Crippen LogP) is 1.70. The van der Waals surface area contributed by atoms with Crippen LogP contribution in [0.3, 0.4) is 0 Å². The quantitative estimate of drug-likeness (QED) is 0.814. The predicted molar refractivity (Wildman–Crippen MR) is 66.3 cm³/mol. The molecule has 0 saturated heterocycles. The molecule has 2 amide bonds. The maximum absolute atomic E-state index is 11.4. The second kappa shape index (κ2) is 5.57. The highest BCUT2D eigenvalue weighted by atomic mass is 16.5. The van der Waals surface area contributed by atoms with Crippen LogP contribution in [0.25, 0.3) is 0 Å². The fourth-order valence-corrected chi connectivity index (χ4v) is 1.61.